The van der Waals surface area contributed by atoms with E-state index >= 15 is 0 Å². The Morgan fingerprint density at radius 3 is 2.58 bits per heavy atom. The van der Waals surface area contributed by atoms with Gasteiger partial charge in [0.25, 0.3) is 21.6 Å². The molecule has 5 aromatic rings. The number of benzene rings is 3. The fourth-order valence-electron chi connectivity index (χ4n) is 9.19. The highest BCUT2D eigenvalue weighted by Crippen LogP contribution is 2.43. The Bertz CT molecular complexity index is 2660. The Hall–Kier alpha value is -5.52. The number of allylic oxidation sites excluding steroid dienone is 1. The van der Waals surface area contributed by atoms with Crippen molar-refractivity contribution in [1.82, 2.24) is 24.5 Å². The molecule has 0 spiro atoms. The van der Waals surface area contributed by atoms with Crippen LogP contribution in [0.25, 0.3) is 16.6 Å². The average Bonchev–Trinajstić information content (AvgIpc) is 3.77. The molecule has 2 saturated heterocycles. The summed E-state index contributed by atoms with van der Waals surface area (Å²) in [6, 6.07) is 20.5. The number of methoxy groups -OCH3 is 1. The monoisotopic (exact) mass is 924 g/mol. The smallest absolute Gasteiger partial charge is 0.293 e. The lowest BCUT2D eigenvalue weighted by Gasteiger charge is -2.39. The molecule has 2 aliphatic heterocycles. The van der Waals surface area contributed by atoms with Crippen molar-refractivity contribution in [2.24, 2.45) is 11.3 Å². The van der Waals surface area contributed by atoms with Gasteiger partial charge in [-0.1, -0.05) is 43.2 Å². The van der Waals surface area contributed by atoms with Crippen LogP contribution >= 0.6 is 11.6 Å². The van der Waals surface area contributed by atoms with E-state index < -0.39 is 31.4 Å². The number of fused-ring (bicyclic) bond motifs is 1. The average molecular weight is 926 g/mol. The number of aromatic nitrogens is 2. The molecule has 3 N–H and O–H groups in total. The summed E-state index contributed by atoms with van der Waals surface area (Å²) in [6.45, 7) is 12.4. The molecule has 344 valence electrons. The number of sulfonamides is 1. The van der Waals surface area contributed by atoms with Crippen molar-refractivity contribution in [3.8, 4) is 11.5 Å². The van der Waals surface area contributed by atoms with Crippen LogP contribution in [0.5, 0.6) is 11.5 Å². The van der Waals surface area contributed by atoms with Crippen molar-refractivity contribution in [3.05, 3.63) is 117 Å². The molecular formula is C48H57ClN8O7S. The Kier molecular flexibility index (Phi) is 14.1. The first-order valence-electron chi connectivity index (χ1n) is 22.2. The van der Waals surface area contributed by atoms with E-state index in [1.165, 1.54) is 35.0 Å². The number of H-pyrrole nitrogens is 1. The van der Waals surface area contributed by atoms with Gasteiger partial charge < -0.3 is 29.6 Å². The highest BCUT2D eigenvalue weighted by atomic mass is 35.5. The summed E-state index contributed by atoms with van der Waals surface area (Å²) in [4.78, 5) is 39.7. The number of pyridine rings is 1. The quantitative estimate of drug-likeness (QED) is 0.0636. The van der Waals surface area contributed by atoms with Gasteiger partial charge in [0.05, 0.1) is 28.2 Å². The van der Waals surface area contributed by atoms with Gasteiger partial charge in [-0.05, 0) is 110 Å². The molecule has 4 heterocycles. The van der Waals surface area contributed by atoms with Gasteiger partial charge in [0, 0.05) is 93.9 Å². The molecule has 0 radical (unpaired) electrons. The van der Waals surface area contributed by atoms with E-state index in [1.807, 2.05) is 18.2 Å². The molecule has 2 fully saturated rings. The van der Waals surface area contributed by atoms with Crippen molar-refractivity contribution in [3.63, 3.8) is 0 Å². The van der Waals surface area contributed by atoms with Crippen LogP contribution in [0.3, 0.4) is 0 Å². The molecule has 17 heteroatoms. The molecular weight excluding hydrogens is 868 g/mol. The molecule has 65 heavy (non-hydrogen) atoms. The molecule has 1 atom stereocenters. The minimum Gasteiger partial charge on any atom is -0.455 e. The molecule has 2 aromatic heterocycles. The van der Waals surface area contributed by atoms with Crippen LogP contribution in [0.4, 0.5) is 17.1 Å². The van der Waals surface area contributed by atoms with E-state index in [0.29, 0.717) is 24.5 Å². The van der Waals surface area contributed by atoms with Crippen LogP contribution in [0, 0.1) is 21.4 Å². The Labute approximate surface area is 385 Å². The Morgan fingerprint density at radius 1 is 1.02 bits per heavy atom. The summed E-state index contributed by atoms with van der Waals surface area (Å²) < 4.78 is 41.3. The Balaban J connectivity index is 0.983. The van der Waals surface area contributed by atoms with Crippen molar-refractivity contribution in [2.75, 3.05) is 82.8 Å². The number of carbonyl (C=O) groups excluding carboxylic acids is 1. The molecule has 8 rings (SSSR count). The van der Waals surface area contributed by atoms with Gasteiger partial charge >= 0.3 is 0 Å². The number of nitrogens with one attached hydrogen (secondary N) is 3. The number of halogens is 1. The summed E-state index contributed by atoms with van der Waals surface area (Å²) in [5.41, 5.74) is 5.56. The fraction of sp³-hybridized carbons (Fsp3) is 0.417. The number of hydrogen-bond acceptors (Lipinski definition) is 12. The molecule has 1 amide bonds. The summed E-state index contributed by atoms with van der Waals surface area (Å²) in [5.74, 6) is -0.215. The first kappa shape index (κ1) is 46.0. The number of rotatable bonds is 16. The number of nitro benzene ring substituents is 1. The maximum absolute atomic E-state index is 14.0. The lowest BCUT2D eigenvalue weighted by Crippen LogP contribution is -2.47. The third kappa shape index (κ3) is 11.3. The number of nitro groups is 1. The minimum absolute atomic E-state index is 0.0353. The largest absolute Gasteiger partial charge is 0.455 e. The summed E-state index contributed by atoms with van der Waals surface area (Å²) in [7, 11) is -2.90. The van der Waals surface area contributed by atoms with Gasteiger partial charge in [0.15, 0.2) is 0 Å². The van der Waals surface area contributed by atoms with Crippen LogP contribution in [-0.4, -0.2) is 112 Å². The molecule has 3 aromatic carbocycles. The highest BCUT2D eigenvalue weighted by Gasteiger charge is 2.31. The van der Waals surface area contributed by atoms with Crippen molar-refractivity contribution in [1.29, 1.82) is 0 Å². The first-order valence-corrected chi connectivity index (χ1v) is 24.1. The molecule has 1 unspecified atom stereocenters. The van der Waals surface area contributed by atoms with Crippen LogP contribution in [0.1, 0.15) is 61.9 Å². The predicted molar refractivity (Wildman–Crippen MR) is 255 cm³/mol. The summed E-state index contributed by atoms with van der Waals surface area (Å²) in [5, 5.41) is 16.9. The third-order valence-corrected chi connectivity index (χ3v) is 14.4. The van der Waals surface area contributed by atoms with E-state index in [0.717, 1.165) is 107 Å². The molecule has 3 aliphatic rings. The maximum Gasteiger partial charge on any atom is 0.293 e. The summed E-state index contributed by atoms with van der Waals surface area (Å²) in [6.07, 6.45) is 8.46. The van der Waals surface area contributed by atoms with E-state index in [-0.39, 0.29) is 28.3 Å². The van der Waals surface area contributed by atoms with Crippen LogP contribution in [0.15, 0.2) is 95.7 Å². The lowest BCUT2D eigenvalue weighted by atomic mass is 9.72. The predicted octanol–water partition coefficient (Wildman–Crippen LogP) is 8.59. The zero-order valence-electron chi connectivity index (χ0n) is 37.1. The minimum atomic E-state index is -4.57. The number of anilines is 2. The van der Waals surface area contributed by atoms with E-state index in [9.17, 15) is 23.3 Å². The van der Waals surface area contributed by atoms with Crippen LogP contribution < -0.4 is 19.7 Å². The van der Waals surface area contributed by atoms with Gasteiger partial charge in [-0.3, -0.25) is 19.8 Å². The highest BCUT2D eigenvalue weighted by molar-refractivity contribution is 7.90. The second-order valence-electron chi connectivity index (χ2n) is 18.1. The SMILES string of the molecule is COCCN1CCCC(CNc2ccc(S(=O)(=O)NC(=O)c3ccc(N4CCN(CC5=C(c6ccc(Cl)cc6)CC(C)(C)CC5)CC4)cc3Oc3cnc4[nH]ccc4c3)cc2[N+](=O)[O-])C1. The van der Waals surface area contributed by atoms with Gasteiger partial charge in [-0.2, -0.15) is 0 Å². The van der Waals surface area contributed by atoms with Gasteiger partial charge in [-0.25, -0.2) is 18.1 Å². The standard InChI is InChI=1S/C48H57ClN8O7S/c1-48(2)16-14-36(42(28-48)34-6-8-37(49)9-7-34)32-55-19-21-56(22-20-55)38-10-12-41(45(26-38)64-39-25-35-15-17-50-46(35)52-30-39)47(58)53-65(61,62)40-11-13-43(44(27-40)57(59)60)51-29-33-5-4-18-54(31-33)23-24-63-3/h6-13,15,17,25-27,30,33,51H,4-5,14,16,18-24,28-29,31-32H2,1-3H3,(H,50,52)(H,53,58). The van der Waals surface area contributed by atoms with Crippen molar-refractivity contribution < 1.29 is 27.6 Å². The van der Waals surface area contributed by atoms with E-state index in [1.54, 1.807) is 37.6 Å². The number of piperazine rings is 1. The topological polar surface area (TPSA) is 175 Å². The number of aromatic amines is 1. The molecule has 15 nitrogen and oxygen atoms in total. The van der Waals surface area contributed by atoms with E-state index in [4.69, 9.17) is 21.1 Å². The number of carbonyl (C=O) groups is 1. The number of amides is 1. The number of piperidine rings is 1. The second kappa shape index (κ2) is 19.9. The van der Waals surface area contributed by atoms with Crippen molar-refractivity contribution in [2.45, 2.75) is 50.8 Å². The van der Waals surface area contributed by atoms with Gasteiger partial charge in [0.2, 0.25) is 0 Å². The molecule has 1 aliphatic carbocycles. The zero-order chi connectivity index (χ0) is 45.7. The maximum atomic E-state index is 14.0. The summed E-state index contributed by atoms with van der Waals surface area (Å²) >= 11 is 6.25. The molecule has 0 saturated carbocycles. The normalized spacial score (nSPS) is 18.5. The third-order valence-electron chi connectivity index (χ3n) is 12.8. The Morgan fingerprint density at radius 2 is 1.82 bits per heavy atom. The number of hydrogen-bond donors (Lipinski definition) is 3. The van der Waals surface area contributed by atoms with Crippen molar-refractivity contribution >= 4 is 61.2 Å². The molecule has 0 bridgehead atoms. The second-order valence-corrected chi connectivity index (χ2v) is 20.2. The van der Waals surface area contributed by atoms with Gasteiger partial charge in [0.1, 0.15) is 22.8 Å². The van der Waals surface area contributed by atoms with Crippen LogP contribution in [0.2, 0.25) is 5.02 Å². The number of likely N-dealkylation sites (tertiary alicyclic amines) is 1. The fourth-order valence-corrected chi connectivity index (χ4v) is 10.3. The van der Waals surface area contributed by atoms with Crippen LogP contribution in [-0.2, 0) is 14.8 Å². The van der Waals surface area contributed by atoms with E-state index in [2.05, 4.69) is 60.7 Å². The number of nitrogens with zero attached hydrogens (tertiary/aromatic N) is 5. The lowest BCUT2D eigenvalue weighted by molar-refractivity contribution is -0.384. The zero-order valence-corrected chi connectivity index (χ0v) is 38.7. The van der Waals surface area contributed by atoms with Gasteiger partial charge in [-0.15, -0.1) is 0 Å². The number of ether oxygens (including phenoxy) is 2. The first-order chi connectivity index (χ1) is 31.2.